The van der Waals surface area contributed by atoms with Crippen LogP contribution in [0.2, 0.25) is 0 Å². The average molecular weight is 393 g/mol. The number of sulfonamides is 1. The Morgan fingerprint density at radius 3 is 2.52 bits per heavy atom. The van der Waals surface area contributed by atoms with E-state index in [2.05, 4.69) is 10.6 Å². The Labute approximate surface area is 157 Å². The van der Waals surface area contributed by atoms with E-state index in [9.17, 15) is 17.6 Å². The summed E-state index contributed by atoms with van der Waals surface area (Å²) in [6, 6.07) is 9.71. The number of urea groups is 1. The average Bonchev–Trinajstić information content (AvgIpc) is 2.66. The van der Waals surface area contributed by atoms with Crippen molar-refractivity contribution >= 4 is 27.4 Å². The molecule has 0 spiro atoms. The van der Waals surface area contributed by atoms with Gasteiger partial charge in [0.05, 0.1) is 23.8 Å². The molecule has 9 heteroatoms. The lowest BCUT2D eigenvalue weighted by atomic mass is 10.2. The van der Waals surface area contributed by atoms with E-state index in [-0.39, 0.29) is 23.7 Å². The number of carbonyl (C=O) groups excluding carboxylic acids is 1. The summed E-state index contributed by atoms with van der Waals surface area (Å²) in [5, 5.41) is 4.93. The molecule has 7 nitrogen and oxygen atoms in total. The molecule has 2 amide bonds. The van der Waals surface area contributed by atoms with Gasteiger partial charge in [-0.2, -0.15) is 4.31 Å². The third kappa shape index (κ3) is 4.44. The Bertz CT molecular complexity index is 943. The molecule has 0 unspecified atom stereocenters. The van der Waals surface area contributed by atoms with Crippen LogP contribution in [0.5, 0.6) is 0 Å². The highest BCUT2D eigenvalue weighted by Crippen LogP contribution is 2.24. The molecule has 2 N–H and O–H groups in total. The van der Waals surface area contributed by atoms with Crippen LogP contribution < -0.4 is 10.6 Å². The molecule has 1 aliphatic heterocycles. The number of halogens is 1. The van der Waals surface area contributed by atoms with Crippen molar-refractivity contribution in [2.75, 3.05) is 36.9 Å². The van der Waals surface area contributed by atoms with Crippen molar-refractivity contribution in [3.8, 4) is 0 Å². The van der Waals surface area contributed by atoms with E-state index >= 15 is 0 Å². The molecule has 1 fully saturated rings. The Morgan fingerprint density at radius 2 is 1.81 bits per heavy atom. The van der Waals surface area contributed by atoms with Crippen LogP contribution in [0.25, 0.3) is 0 Å². The molecule has 27 heavy (non-hydrogen) atoms. The normalized spacial score (nSPS) is 15.3. The van der Waals surface area contributed by atoms with Crippen LogP contribution in [0.15, 0.2) is 47.4 Å². The van der Waals surface area contributed by atoms with Crippen LogP contribution in [0, 0.1) is 12.7 Å². The molecular weight excluding hydrogens is 373 g/mol. The second-order valence-electron chi connectivity index (χ2n) is 6.06. The van der Waals surface area contributed by atoms with Gasteiger partial charge in [-0.15, -0.1) is 0 Å². The number of para-hydroxylation sites is 1. The summed E-state index contributed by atoms with van der Waals surface area (Å²) in [6.45, 7) is 2.96. The number of amides is 2. The molecule has 3 rings (SSSR count). The summed E-state index contributed by atoms with van der Waals surface area (Å²) >= 11 is 0. The van der Waals surface area contributed by atoms with Gasteiger partial charge in [0.25, 0.3) is 0 Å². The fraction of sp³-hybridized carbons (Fsp3) is 0.278. The predicted octanol–water partition coefficient (Wildman–Crippen LogP) is 2.80. The zero-order chi connectivity index (χ0) is 19.4. The fourth-order valence-corrected chi connectivity index (χ4v) is 4.39. The minimum absolute atomic E-state index is 0.0308. The van der Waals surface area contributed by atoms with Gasteiger partial charge in [0.1, 0.15) is 5.82 Å². The second-order valence-corrected chi connectivity index (χ2v) is 7.96. The number of benzene rings is 2. The molecule has 0 radical (unpaired) electrons. The zero-order valence-electron chi connectivity index (χ0n) is 14.7. The van der Waals surface area contributed by atoms with Crippen LogP contribution in [-0.2, 0) is 14.8 Å². The Kier molecular flexibility index (Phi) is 5.73. The summed E-state index contributed by atoms with van der Waals surface area (Å²) in [5.41, 5.74) is 0.895. The molecule has 144 valence electrons. The maximum absolute atomic E-state index is 13.6. The first-order chi connectivity index (χ1) is 12.9. The molecule has 1 saturated heterocycles. The molecule has 0 bridgehead atoms. The molecular formula is C18H20FN3O4S. The van der Waals surface area contributed by atoms with Crippen LogP contribution in [0.3, 0.4) is 0 Å². The van der Waals surface area contributed by atoms with Gasteiger partial charge in [0, 0.05) is 18.8 Å². The van der Waals surface area contributed by atoms with E-state index in [0.29, 0.717) is 24.5 Å². The summed E-state index contributed by atoms with van der Waals surface area (Å²) in [7, 11) is -3.69. The van der Waals surface area contributed by atoms with Gasteiger partial charge in [-0.05, 0) is 36.8 Å². The van der Waals surface area contributed by atoms with Gasteiger partial charge in [-0.1, -0.05) is 18.2 Å². The van der Waals surface area contributed by atoms with E-state index < -0.39 is 21.9 Å². The lowest BCUT2D eigenvalue weighted by Gasteiger charge is -2.26. The molecule has 0 saturated carbocycles. The molecule has 2 aromatic carbocycles. The van der Waals surface area contributed by atoms with Crippen molar-refractivity contribution in [3.05, 3.63) is 53.8 Å². The zero-order valence-corrected chi connectivity index (χ0v) is 15.6. The van der Waals surface area contributed by atoms with Gasteiger partial charge in [-0.3, -0.25) is 0 Å². The van der Waals surface area contributed by atoms with Crippen molar-refractivity contribution in [1.29, 1.82) is 0 Å². The highest BCUT2D eigenvalue weighted by molar-refractivity contribution is 7.89. The second kappa shape index (κ2) is 8.03. The first-order valence-electron chi connectivity index (χ1n) is 8.39. The Hall–Kier alpha value is -2.49. The van der Waals surface area contributed by atoms with Crippen LogP contribution in [-0.4, -0.2) is 45.1 Å². The first-order valence-corrected chi connectivity index (χ1v) is 9.83. The van der Waals surface area contributed by atoms with Gasteiger partial charge in [0.2, 0.25) is 10.0 Å². The molecule has 1 aliphatic rings. The standard InChI is InChI=1S/C18H20FN3O4S/c1-13-6-7-14(20-18(23)21-16-5-3-2-4-15(16)19)12-17(13)27(24,25)22-8-10-26-11-9-22/h2-7,12H,8-11H2,1H3,(H2,20,21,23). The fourth-order valence-electron chi connectivity index (χ4n) is 2.73. The number of rotatable bonds is 4. The Balaban J connectivity index is 1.79. The van der Waals surface area contributed by atoms with Crippen LogP contribution in [0.1, 0.15) is 5.56 Å². The molecule has 0 aromatic heterocycles. The maximum atomic E-state index is 13.6. The van der Waals surface area contributed by atoms with Gasteiger partial charge >= 0.3 is 6.03 Å². The number of hydrogen-bond acceptors (Lipinski definition) is 4. The smallest absolute Gasteiger partial charge is 0.323 e. The van der Waals surface area contributed by atoms with Gasteiger partial charge in [0.15, 0.2) is 0 Å². The SMILES string of the molecule is Cc1ccc(NC(=O)Nc2ccccc2F)cc1S(=O)(=O)N1CCOCC1. The number of nitrogens with zero attached hydrogens (tertiary/aromatic N) is 1. The molecule has 0 aliphatic carbocycles. The Morgan fingerprint density at radius 1 is 1.11 bits per heavy atom. The highest BCUT2D eigenvalue weighted by atomic mass is 32.2. The van der Waals surface area contributed by atoms with E-state index in [1.807, 2.05) is 0 Å². The summed E-state index contributed by atoms with van der Waals surface area (Å²) < 4.78 is 45.9. The van der Waals surface area contributed by atoms with Crippen molar-refractivity contribution in [2.24, 2.45) is 0 Å². The number of aryl methyl sites for hydroxylation is 1. The van der Waals surface area contributed by atoms with Crippen molar-refractivity contribution < 1.29 is 22.3 Å². The summed E-state index contributed by atoms with van der Waals surface area (Å²) in [6.07, 6.45) is 0. The van der Waals surface area contributed by atoms with Gasteiger partial charge in [-0.25, -0.2) is 17.6 Å². The number of hydrogen-bond donors (Lipinski definition) is 2. The third-order valence-corrected chi connectivity index (χ3v) is 6.20. The molecule has 0 atom stereocenters. The lowest BCUT2D eigenvalue weighted by molar-refractivity contribution is 0.0730. The highest BCUT2D eigenvalue weighted by Gasteiger charge is 2.28. The van der Waals surface area contributed by atoms with E-state index in [0.717, 1.165) is 0 Å². The first kappa shape index (κ1) is 19.3. The van der Waals surface area contributed by atoms with Crippen molar-refractivity contribution in [3.63, 3.8) is 0 Å². The van der Waals surface area contributed by atoms with E-state index in [1.165, 1.54) is 28.6 Å². The number of ether oxygens (including phenoxy) is 1. The maximum Gasteiger partial charge on any atom is 0.323 e. The van der Waals surface area contributed by atoms with Gasteiger partial charge < -0.3 is 15.4 Å². The number of nitrogens with one attached hydrogen (secondary N) is 2. The lowest BCUT2D eigenvalue weighted by Crippen LogP contribution is -2.40. The topological polar surface area (TPSA) is 87.7 Å². The number of carbonyl (C=O) groups is 1. The minimum atomic E-state index is -3.69. The summed E-state index contributed by atoms with van der Waals surface area (Å²) in [4.78, 5) is 12.2. The number of morpholine rings is 1. The number of anilines is 2. The van der Waals surface area contributed by atoms with Crippen molar-refractivity contribution in [2.45, 2.75) is 11.8 Å². The van der Waals surface area contributed by atoms with Crippen LogP contribution >= 0.6 is 0 Å². The largest absolute Gasteiger partial charge is 0.379 e. The summed E-state index contributed by atoms with van der Waals surface area (Å²) in [5.74, 6) is -0.563. The van der Waals surface area contributed by atoms with E-state index in [1.54, 1.807) is 25.1 Å². The van der Waals surface area contributed by atoms with E-state index in [4.69, 9.17) is 4.74 Å². The van der Waals surface area contributed by atoms with Crippen LogP contribution in [0.4, 0.5) is 20.6 Å². The monoisotopic (exact) mass is 393 g/mol. The third-order valence-electron chi connectivity index (χ3n) is 4.16. The molecule has 1 heterocycles. The predicted molar refractivity (Wildman–Crippen MR) is 99.8 cm³/mol. The van der Waals surface area contributed by atoms with Crippen molar-refractivity contribution in [1.82, 2.24) is 4.31 Å². The molecule has 2 aromatic rings. The quantitative estimate of drug-likeness (QED) is 0.836. The minimum Gasteiger partial charge on any atom is -0.379 e.